The zero-order chi connectivity index (χ0) is 22.7. The molecule has 2 N–H and O–H groups in total. The molecule has 0 saturated carbocycles. The SMILES string of the molecule is O=C1NC(=S)N(c2ccc(Oc3ccccc3)cc2)C(=O)/C1=C/c1ccccc1C(=O)O. The number of thiocarbonyl (C=S) groups is 1. The van der Waals surface area contributed by atoms with Crippen molar-refractivity contribution < 1.29 is 24.2 Å². The molecule has 0 unspecified atom stereocenters. The molecule has 4 rings (SSSR count). The number of benzene rings is 3. The van der Waals surface area contributed by atoms with E-state index in [2.05, 4.69) is 5.32 Å². The third kappa shape index (κ3) is 4.26. The summed E-state index contributed by atoms with van der Waals surface area (Å²) >= 11 is 5.21. The van der Waals surface area contributed by atoms with Gasteiger partial charge in [-0.15, -0.1) is 0 Å². The van der Waals surface area contributed by atoms with Crippen molar-refractivity contribution in [3.8, 4) is 11.5 Å². The van der Waals surface area contributed by atoms with Gasteiger partial charge in [-0.05, 0) is 66.3 Å². The Morgan fingerprint density at radius 1 is 0.906 bits per heavy atom. The van der Waals surface area contributed by atoms with Gasteiger partial charge in [0, 0.05) is 0 Å². The predicted molar refractivity (Wildman–Crippen MR) is 123 cm³/mol. The smallest absolute Gasteiger partial charge is 0.336 e. The molecule has 1 saturated heterocycles. The van der Waals surface area contributed by atoms with E-state index in [1.54, 1.807) is 36.4 Å². The van der Waals surface area contributed by atoms with Crippen LogP contribution in [-0.4, -0.2) is 28.0 Å². The molecule has 1 fully saturated rings. The summed E-state index contributed by atoms with van der Waals surface area (Å²) < 4.78 is 5.75. The molecule has 0 spiro atoms. The molecule has 2 amide bonds. The second-order valence-electron chi connectivity index (χ2n) is 6.76. The number of amides is 2. The second kappa shape index (κ2) is 8.83. The minimum Gasteiger partial charge on any atom is -0.478 e. The molecule has 32 heavy (non-hydrogen) atoms. The topological polar surface area (TPSA) is 95.9 Å². The maximum Gasteiger partial charge on any atom is 0.336 e. The highest BCUT2D eigenvalue weighted by Crippen LogP contribution is 2.27. The van der Waals surface area contributed by atoms with Crippen LogP contribution in [0.25, 0.3) is 6.08 Å². The van der Waals surface area contributed by atoms with Gasteiger partial charge in [0.05, 0.1) is 11.3 Å². The number of ether oxygens (including phenoxy) is 1. The molecular formula is C24H16N2O5S. The number of nitrogens with zero attached hydrogens (tertiary/aromatic N) is 1. The minimum atomic E-state index is -1.16. The Hall–Kier alpha value is -4.30. The lowest BCUT2D eigenvalue weighted by atomic mass is 10.0. The summed E-state index contributed by atoms with van der Waals surface area (Å²) in [7, 11) is 0. The number of carboxylic acids is 1. The fourth-order valence-electron chi connectivity index (χ4n) is 3.15. The molecule has 1 aliphatic heterocycles. The molecule has 3 aromatic rings. The molecule has 0 radical (unpaired) electrons. The third-order valence-electron chi connectivity index (χ3n) is 4.67. The maximum atomic E-state index is 13.1. The number of carboxylic acid groups (broad SMARTS) is 1. The van der Waals surface area contributed by atoms with Gasteiger partial charge in [0.2, 0.25) is 0 Å². The van der Waals surface area contributed by atoms with Gasteiger partial charge in [-0.1, -0.05) is 36.4 Å². The minimum absolute atomic E-state index is 0.0253. The van der Waals surface area contributed by atoms with Crippen LogP contribution in [0.3, 0.4) is 0 Å². The molecule has 8 heteroatoms. The third-order valence-corrected chi connectivity index (χ3v) is 4.95. The monoisotopic (exact) mass is 444 g/mol. The summed E-state index contributed by atoms with van der Waals surface area (Å²) in [6.45, 7) is 0. The zero-order valence-electron chi connectivity index (χ0n) is 16.5. The van der Waals surface area contributed by atoms with E-state index in [1.807, 2.05) is 30.3 Å². The van der Waals surface area contributed by atoms with Crippen molar-refractivity contribution in [3.63, 3.8) is 0 Å². The van der Waals surface area contributed by atoms with Crippen molar-refractivity contribution in [2.75, 3.05) is 4.90 Å². The summed E-state index contributed by atoms with van der Waals surface area (Å²) in [6.07, 6.45) is 1.25. The first kappa shape index (κ1) is 21.0. The lowest BCUT2D eigenvalue weighted by Gasteiger charge is -2.29. The summed E-state index contributed by atoms with van der Waals surface area (Å²) in [5.74, 6) is -1.29. The van der Waals surface area contributed by atoms with Gasteiger partial charge >= 0.3 is 5.97 Å². The molecule has 7 nitrogen and oxygen atoms in total. The first-order valence-electron chi connectivity index (χ1n) is 9.51. The lowest BCUT2D eigenvalue weighted by Crippen LogP contribution is -2.54. The zero-order valence-corrected chi connectivity index (χ0v) is 17.3. The van der Waals surface area contributed by atoms with Crippen LogP contribution in [0.1, 0.15) is 15.9 Å². The van der Waals surface area contributed by atoms with Crippen LogP contribution in [0.2, 0.25) is 0 Å². The van der Waals surface area contributed by atoms with Crippen molar-refractivity contribution in [1.29, 1.82) is 0 Å². The van der Waals surface area contributed by atoms with Gasteiger partial charge in [0.1, 0.15) is 17.1 Å². The predicted octanol–water partition coefficient (Wildman–Crippen LogP) is 4.01. The summed E-state index contributed by atoms with van der Waals surface area (Å²) in [6, 6.07) is 22.0. The average molecular weight is 444 g/mol. The number of hydrogen-bond acceptors (Lipinski definition) is 5. The number of rotatable bonds is 5. The van der Waals surface area contributed by atoms with E-state index in [0.717, 1.165) is 0 Å². The number of aromatic carboxylic acids is 1. The highest BCUT2D eigenvalue weighted by Gasteiger charge is 2.34. The summed E-state index contributed by atoms with van der Waals surface area (Å²) in [4.78, 5) is 38.2. The van der Waals surface area contributed by atoms with Crippen LogP contribution in [0.15, 0.2) is 84.4 Å². The Kier molecular flexibility index (Phi) is 5.78. The molecule has 158 valence electrons. The van der Waals surface area contributed by atoms with Crippen LogP contribution < -0.4 is 15.0 Å². The molecule has 1 aliphatic rings. The van der Waals surface area contributed by atoms with Crippen LogP contribution >= 0.6 is 12.2 Å². The van der Waals surface area contributed by atoms with E-state index in [1.165, 1.54) is 23.1 Å². The molecule has 0 atom stereocenters. The normalized spacial score (nSPS) is 14.9. The van der Waals surface area contributed by atoms with Crippen molar-refractivity contribution in [1.82, 2.24) is 5.32 Å². The molecular weight excluding hydrogens is 428 g/mol. The van der Waals surface area contributed by atoms with Crippen LogP contribution in [0, 0.1) is 0 Å². The van der Waals surface area contributed by atoms with Gasteiger partial charge < -0.3 is 9.84 Å². The second-order valence-corrected chi connectivity index (χ2v) is 7.15. The number of carbonyl (C=O) groups is 3. The number of para-hydroxylation sites is 1. The number of anilines is 1. The molecule has 1 heterocycles. The summed E-state index contributed by atoms with van der Waals surface area (Å²) in [5, 5.41) is 11.8. The first-order valence-corrected chi connectivity index (χ1v) is 9.91. The van der Waals surface area contributed by atoms with Crippen molar-refractivity contribution in [3.05, 3.63) is 95.6 Å². The van der Waals surface area contributed by atoms with Crippen molar-refractivity contribution >= 4 is 46.9 Å². The van der Waals surface area contributed by atoms with Gasteiger partial charge in [-0.25, -0.2) is 4.79 Å². The molecule has 0 aliphatic carbocycles. The molecule has 0 bridgehead atoms. The molecule has 0 aromatic heterocycles. The van der Waals surface area contributed by atoms with E-state index >= 15 is 0 Å². The van der Waals surface area contributed by atoms with E-state index in [0.29, 0.717) is 17.2 Å². The first-order chi connectivity index (χ1) is 15.4. The Morgan fingerprint density at radius 3 is 2.22 bits per heavy atom. The average Bonchev–Trinajstić information content (AvgIpc) is 2.78. The van der Waals surface area contributed by atoms with E-state index in [9.17, 15) is 19.5 Å². The molecule has 3 aromatic carbocycles. The quantitative estimate of drug-likeness (QED) is 0.351. The number of carbonyl (C=O) groups excluding carboxylic acids is 2. The number of hydrogen-bond donors (Lipinski definition) is 2. The van der Waals surface area contributed by atoms with Crippen molar-refractivity contribution in [2.45, 2.75) is 0 Å². The van der Waals surface area contributed by atoms with Gasteiger partial charge in [0.25, 0.3) is 11.8 Å². The summed E-state index contributed by atoms with van der Waals surface area (Å²) in [5.41, 5.74) is 0.412. The highest BCUT2D eigenvalue weighted by atomic mass is 32.1. The van der Waals surface area contributed by atoms with E-state index in [4.69, 9.17) is 17.0 Å². The van der Waals surface area contributed by atoms with Gasteiger partial charge in [-0.2, -0.15) is 0 Å². The fraction of sp³-hybridized carbons (Fsp3) is 0. The van der Waals surface area contributed by atoms with Gasteiger partial charge in [-0.3, -0.25) is 19.8 Å². The van der Waals surface area contributed by atoms with E-state index in [-0.39, 0.29) is 21.8 Å². The van der Waals surface area contributed by atoms with Crippen LogP contribution in [0.5, 0.6) is 11.5 Å². The van der Waals surface area contributed by atoms with Gasteiger partial charge in [0.15, 0.2) is 5.11 Å². The fourth-order valence-corrected chi connectivity index (χ4v) is 3.43. The Balaban J connectivity index is 1.64. The standard InChI is InChI=1S/C24H16N2O5S/c27-21-20(14-15-6-4-5-9-19(15)23(29)30)22(28)26(24(32)25-21)16-10-12-18(13-11-16)31-17-7-2-1-3-8-17/h1-14H,(H,29,30)(H,25,27,32)/b20-14+. The largest absolute Gasteiger partial charge is 0.478 e. The lowest BCUT2D eigenvalue weighted by molar-refractivity contribution is -0.122. The van der Waals surface area contributed by atoms with Crippen LogP contribution in [0.4, 0.5) is 5.69 Å². The van der Waals surface area contributed by atoms with Crippen LogP contribution in [-0.2, 0) is 9.59 Å². The van der Waals surface area contributed by atoms with E-state index < -0.39 is 17.8 Å². The van der Waals surface area contributed by atoms with Crippen molar-refractivity contribution in [2.24, 2.45) is 0 Å². The maximum absolute atomic E-state index is 13.1. The Labute approximate surface area is 188 Å². The number of nitrogens with one attached hydrogen (secondary N) is 1. The Bertz CT molecular complexity index is 1250. The Morgan fingerprint density at radius 2 is 1.53 bits per heavy atom. The highest BCUT2D eigenvalue weighted by molar-refractivity contribution is 7.80.